The Hall–Kier alpha value is -4.84. The van der Waals surface area contributed by atoms with Crippen molar-refractivity contribution in [1.82, 2.24) is 13.7 Å². The summed E-state index contributed by atoms with van der Waals surface area (Å²) in [6, 6.07) is 4.92. The molecule has 0 unspecified atom stereocenters. The Morgan fingerprint density at radius 1 is 1.10 bits per heavy atom. The van der Waals surface area contributed by atoms with Crippen LogP contribution in [0.1, 0.15) is 12.5 Å². The molecule has 0 aliphatic rings. The van der Waals surface area contributed by atoms with E-state index in [4.69, 9.17) is 27.5 Å². The summed E-state index contributed by atoms with van der Waals surface area (Å²) in [6.45, 7) is -0.230. The molecule has 3 rings (SSSR count). The first-order valence-corrected chi connectivity index (χ1v) is 11.1. The summed E-state index contributed by atoms with van der Waals surface area (Å²) < 4.78 is 49.9. The van der Waals surface area contributed by atoms with E-state index >= 15 is 0 Å². The van der Waals surface area contributed by atoms with Gasteiger partial charge in [-0.05, 0) is 31.2 Å². The molecule has 1 heterocycles. The molecule has 16 heteroatoms. The van der Waals surface area contributed by atoms with Crippen LogP contribution in [0.3, 0.4) is 0 Å². The first kappa shape index (κ1) is 28.7. The molecule has 0 aliphatic carbocycles. The Morgan fingerprint density at radius 3 is 2.33 bits per heavy atom. The van der Waals surface area contributed by atoms with Crippen molar-refractivity contribution in [2.24, 2.45) is 0 Å². The lowest BCUT2D eigenvalue weighted by molar-refractivity contribution is -0.384. The van der Waals surface area contributed by atoms with E-state index in [1.165, 1.54) is 6.92 Å². The first-order valence-electron chi connectivity index (χ1n) is 10.7. The number of halogens is 4. The number of terminal acetylenes is 1. The van der Waals surface area contributed by atoms with Crippen LogP contribution >= 0.6 is 11.6 Å². The van der Waals surface area contributed by atoms with Crippen molar-refractivity contribution in [3.05, 3.63) is 88.6 Å². The van der Waals surface area contributed by atoms with Gasteiger partial charge in [0.15, 0.2) is 0 Å². The third kappa shape index (κ3) is 6.02. The molecule has 0 N–H and O–H groups in total. The molecule has 39 heavy (non-hydrogen) atoms. The number of nitro benzene ring substituents is 1. The fourth-order valence-corrected chi connectivity index (χ4v) is 3.54. The standard InChI is InChI=1S/C23H16ClF3N4O8/c1-3-9-28-20(33)29(12-19(32)38-4-2)22(35)30(21(28)34)17-11-14(6-7-16(17)31(36)37)39-18-8-5-13(10-15(18)24)23(25,26)27/h1,5-8,10-11H,4,9,12H2,2H3. The number of ether oxygens (including phenoxy) is 2. The lowest BCUT2D eigenvalue weighted by atomic mass is 10.2. The van der Waals surface area contributed by atoms with Crippen molar-refractivity contribution in [1.29, 1.82) is 0 Å². The number of aromatic nitrogens is 3. The van der Waals surface area contributed by atoms with Crippen molar-refractivity contribution in [3.8, 4) is 29.5 Å². The molecule has 3 aromatic rings. The van der Waals surface area contributed by atoms with Crippen LogP contribution in [0.25, 0.3) is 5.69 Å². The fraction of sp³-hybridized carbons (Fsp3) is 0.217. The van der Waals surface area contributed by atoms with Gasteiger partial charge in [-0.3, -0.25) is 14.9 Å². The number of carbonyl (C=O) groups excluding carboxylic acids is 1. The zero-order chi connectivity index (χ0) is 29.1. The smallest absolute Gasteiger partial charge is 0.416 e. The highest BCUT2D eigenvalue weighted by Gasteiger charge is 2.31. The van der Waals surface area contributed by atoms with Crippen molar-refractivity contribution in [2.75, 3.05) is 6.61 Å². The number of hydrogen-bond donors (Lipinski definition) is 0. The van der Waals surface area contributed by atoms with E-state index < -0.39 is 69.2 Å². The molecule has 204 valence electrons. The van der Waals surface area contributed by atoms with E-state index in [1.807, 2.05) is 5.92 Å². The van der Waals surface area contributed by atoms with E-state index in [9.17, 15) is 42.5 Å². The lowest BCUT2D eigenvalue weighted by Crippen LogP contribution is -2.54. The Balaban J connectivity index is 2.25. The third-order valence-electron chi connectivity index (χ3n) is 5.02. The number of hydrogen-bond acceptors (Lipinski definition) is 8. The molecule has 0 bridgehead atoms. The van der Waals surface area contributed by atoms with Gasteiger partial charge in [-0.2, -0.15) is 13.2 Å². The summed E-state index contributed by atoms with van der Waals surface area (Å²) in [6.07, 6.45) is 0.530. The molecule has 0 radical (unpaired) electrons. The van der Waals surface area contributed by atoms with Crippen LogP contribution in [-0.2, 0) is 28.8 Å². The predicted molar refractivity (Wildman–Crippen MR) is 129 cm³/mol. The van der Waals surface area contributed by atoms with Crippen molar-refractivity contribution >= 4 is 23.3 Å². The monoisotopic (exact) mass is 568 g/mol. The molecule has 12 nitrogen and oxygen atoms in total. The lowest BCUT2D eigenvalue weighted by Gasteiger charge is -2.14. The number of nitro groups is 1. The summed E-state index contributed by atoms with van der Waals surface area (Å²) in [7, 11) is 0. The molecule has 0 spiro atoms. The van der Waals surface area contributed by atoms with Gasteiger partial charge in [-0.15, -0.1) is 6.42 Å². The van der Waals surface area contributed by atoms with Gasteiger partial charge in [0.05, 0.1) is 28.7 Å². The van der Waals surface area contributed by atoms with Gasteiger partial charge in [0.2, 0.25) is 0 Å². The molecule has 2 aromatic carbocycles. The van der Waals surface area contributed by atoms with E-state index in [2.05, 4.69) is 0 Å². The van der Waals surface area contributed by atoms with Gasteiger partial charge in [0.25, 0.3) is 5.69 Å². The number of benzene rings is 2. The molecule has 1 aromatic heterocycles. The average Bonchev–Trinajstić information content (AvgIpc) is 2.85. The van der Waals surface area contributed by atoms with Gasteiger partial charge in [0.1, 0.15) is 23.7 Å². The Bertz CT molecular complexity index is 1690. The maximum Gasteiger partial charge on any atom is 0.416 e. The Labute approximate surface area is 220 Å². The zero-order valence-corrected chi connectivity index (χ0v) is 20.5. The van der Waals surface area contributed by atoms with Crippen molar-refractivity contribution in [2.45, 2.75) is 26.2 Å². The maximum atomic E-state index is 13.2. The molecule has 0 aliphatic heterocycles. The number of nitrogens with zero attached hydrogens (tertiary/aromatic N) is 4. The van der Waals surface area contributed by atoms with Gasteiger partial charge in [-0.1, -0.05) is 17.5 Å². The maximum absolute atomic E-state index is 13.2. The molecule has 0 fully saturated rings. The SMILES string of the molecule is C#CCn1c(=O)n(CC(=O)OCC)c(=O)n(-c2cc(Oc3ccc(C(F)(F)F)cc3Cl)ccc2[N+](=O)[O-])c1=O. The van der Waals surface area contributed by atoms with Crippen LogP contribution in [0, 0.1) is 22.5 Å². The highest BCUT2D eigenvalue weighted by molar-refractivity contribution is 6.32. The summed E-state index contributed by atoms with van der Waals surface area (Å²) in [5.41, 5.74) is -6.62. The van der Waals surface area contributed by atoms with Crippen LogP contribution in [0.5, 0.6) is 11.5 Å². The second-order valence-corrected chi connectivity index (χ2v) is 7.92. The minimum atomic E-state index is -4.69. The second kappa shape index (κ2) is 11.3. The molecular weight excluding hydrogens is 553 g/mol. The van der Waals surface area contributed by atoms with Crippen LogP contribution in [0.4, 0.5) is 18.9 Å². The number of esters is 1. The van der Waals surface area contributed by atoms with Gasteiger partial charge in [-0.25, -0.2) is 28.1 Å². The minimum Gasteiger partial charge on any atom is -0.465 e. The summed E-state index contributed by atoms with van der Waals surface area (Å²) in [5, 5.41) is 11.3. The van der Waals surface area contributed by atoms with Crippen molar-refractivity contribution in [3.63, 3.8) is 0 Å². The van der Waals surface area contributed by atoms with Crippen LogP contribution in [0.15, 0.2) is 50.8 Å². The highest BCUT2D eigenvalue weighted by Crippen LogP contribution is 2.37. The number of carbonyl (C=O) groups is 1. The second-order valence-electron chi connectivity index (χ2n) is 7.52. The predicted octanol–water partition coefficient (Wildman–Crippen LogP) is 2.73. The minimum absolute atomic E-state index is 0.0941. The van der Waals surface area contributed by atoms with Crippen LogP contribution in [-0.4, -0.2) is 31.2 Å². The van der Waals surface area contributed by atoms with Crippen LogP contribution in [0.2, 0.25) is 5.02 Å². The average molecular weight is 569 g/mol. The molecular formula is C23H16ClF3N4O8. The van der Waals surface area contributed by atoms with Crippen LogP contribution < -0.4 is 21.8 Å². The molecule has 0 saturated heterocycles. The number of rotatable bonds is 8. The Kier molecular flexibility index (Phi) is 8.30. The summed E-state index contributed by atoms with van der Waals surface area (Å²) in [5.74, 6) is 0.455. The fourth-order valence-electron chi connectivity index (χ4n) is 3.32. The molecule has 0 amide bonds. The van der Waals surface area contributed by atoms with E-state index in [0.29, 0.717) is 21.3 Å². The summed E-state index contributed by atoms with van der Waals surface area (Å²) in [4.78, 5) is 61.8. The third-order valence-corrected chi connectivity index (χ3v) is 5.31. The molecule has 0 saturated carbocycles. The largest absolute Gasteiger partial charge is 0.465 e. The summed E-state index contributed by atoms with van der Waals surface area (Å²) >= 11 is 5.90. The van der Waals surface area contributed by atoms with Gasteiger partial charge in [0, 0.05) is 12.1 Å². The van der Waals surface area contributed by atoms with Gasteiger partial charge < -0.3 is 9.47 Å². The number of alkyl halides is 3. The van der Waals surface area contributed by atoms with Crippen molar-refractivity contribution < 1.29 is 32.4 Å². The Morgan fingerprint density at radius 2 is 1.77 bits per heavy atom. The van der Waals surface area contributed by atoms with E-state index in [1.54, 1.807) is 0 Å². The zero-order valence-electron chi connectivity index (χ0n) is 19.7. The van der Waals surface area contributed by atoms with E-state index in [-0.39, 0.29) is 22.7 Å². The van der Waals surface area contributed by atoms with Gasteiger partial charge >= 0.3 is 29.2 Å². The first-order chi connectivity index (χ1) is 18.3. The normalized spacial score (nSPS) is 11.1. The van der Waals surface area contributed by atoms with E-state index in [0.717, 1.165) is 24.3 Å². The molecule has 0 atom stereocenters. The topological polar surface area (TPSA) is 145 Å². The highest BCUT2D eigenvalue weighted by atomic mass is 35.5. The quantitative estimate of drug-likeness (QED) is 0.175.